The van der Waals surface area contributed by atoms with Crippen molar-refractivity contribution in [3.63, 3.8) is 0 Å². The second-order valence-corrected chi connectivity index (χ2v) is 7.66. The Morgan fingerprint density at radius 3 is 2.73 bits per heavy atom. The summed E-state index contributed by atoms with van der Waals surface area (Å²) in [4.78, 5) is 39.5. The average Bonchev–Trinajstić information content (AvgIpc) is 3.23. The number of hydrogen-bond acceptors (Lipinski definition) is 4. The maximum atomic E-state index is 13.7. The van der Waals surface area contributed by atoms with Gasteiger partial charge in [-0.2, -0.15) is 5.10 Å². The number of rotatable bonds is 3. The van der Waals surface area contributed by atoms with Crippen LogP contribution in [0.5, 0.6) is 0 Å². The van der Waals surface area contributed by atoms with E-state index in [9.17, 15) is 14.4 Å². The molecular weight excluding hydrogens is 382 g/mol. The Morgan fingerprint density at radius 2 is 1.97 bits per heavy atom. The number of hydrogen-bond donors (Lipinski definition) is 2. The number of nitrogens with one attached hydrogen (secondary N) is 1. The SMILES string of the molecule is Cc1cccc(-n2ncc3c2NC(=O)C[C@@]32C(=O)N(CC(N)=O)c3ccccc32)c1. The predicted molar refractivity (Wildman–Crippen MR) is 110 cm³/mol. The number of aryl methyl sites for hydroxylation is 1. The Kier molecular flexibility index (Phi) is 3.79. The Labute approximate surface area is 172 Å². The van der Waals surface area contributed by atoms with Gasteiger partial charge in [0.1, 0.15) is 17.8 Å². The molecule has 1 spiro atoms. The summed E-state index contributed by atoms with van der Waals surface area (Å²) in [5.41, 5.74) is 7.85. The lowest BCUT2D eigenvalue weighted by Crippen LogP contribution is -2.48. The first kappa shape index (κ1) is 18.1. The van der Waals surface area contributed by atoms with Crippen molar-refractivity contribution in [2.75, 3.05) is 16.8 Å². The van der Waals surface area contributed by atoms with Crippen LogP contribution in [0.2, 0.25) is 0 Å². The van der Waals surface area contributed by atoms with Crippen molar-refractivity contribution in [2.24, 2.45) is 5.73 Å². The van der Waals surface area contributed by atoms with Gasteiger partial charge in [0.05, 0.1) is 11.9 Å². The van der Waals surface area contributed by atoms with E-state index in [1.54, 1.807) is 23.0 Å². The van der Waals surface area contributed by atoms with Gasteiger partial charge in [0.2, 0.25) is 17.7 Å². The molecule has 2 aliphatic rings. The van der Waals surface area contributed by atoms with E-state index in [0.717, 1.165) is 11.3 Å². The average molecular weight is 401 g/mol. The van der Waals surface area contributed by atoms with Crippen LogP contribution in [0.3, 0.4) is 0 Å². The van der Waals surface area contributed by atoms with Crippen LogP contribution in [-0.2, 0) is 19.8 Å². The molecule has 8 heteroatoms. The standard InChI is InChI=1S/C22H19N5O3/c1-13-5-4-6-14(9-13)27-20-16(11-24-27)22(10-19(29)25-20)15-7-2-3-8-17(15)26(21(22)30)12-18(23)28/h2-9,11H,10,12H2,1H3,(H2,23,28)(H,25,29)/t22-/m0/s1. The summed E-state index contributed by atoms with van der Waals surface area (Å²) in [5.74, 6) is -0.796. The number of anilines is 2. The van der Waals surface area contributed by atoms with Crippen LogP contribution in [0.15, 0.2) is 54.7 Å². The molecular formula is C22H19N5O3. The number of benzene rings is 2. The van der Waals surface area contributed by atoms with E-state index >= 15 is 0 Å². The molecule has 0 aliphatic carbocycles. The summed E-state index contributed by atoms with van der Waals surface area (Å²) in [7, 11) is 0. The van der Waals surface area contributed by atoms with Crippen molar-refractivity contribution in [3.05, 3.63) is 71.4 Å². The molecule has 150 valence electrons. The van der Waals surface area contributed by atoms with Crippen LogP contribution in [0.25, 0.3) is 5.69 Å². The topological polar surface area (TPSA) is 110 Å². The largest absolute Gasteiger partial charge is 0.368 e. The molecule has 2 aromatic carbocycles. The fraction of sp³-hybridized carbons (Fsp3) is 0.182. The number of nitrogens with two attached hydrogens (primary N) is 1. The molecule has 3 amide bonds. The van der Waals surface area contributed by atoms with Gasteiger partial charge >= 0.3 is 0 Å². The number of nitrogens with zero attached hydrogens (tertiary/aromatic N) is 3. The van der Waals surface area contributed by atoms with Crippen molar-refractivity contribution >= 4 is 29.2 Å². The van der Waals surface area contributed by atoms with Gasteiger partial charge in [0.15, 0.2) is 0 Å². The third-order valence-corrected chi connectivity index (χ3v) is 5.74. The van der Waals surface area contributed by atoms with E-state index in [4.69, 9.17) is 5.73 Å². The van der Waals surface area contributed by atoms with Crippen LogP contribution in [-0.4, -0.2) is 34.0 Å². The molecule has 1 atom stereocenters. The lowest BCUT2D eigenvalue weighted by molar-refractivity contribution is -0.127. The minimum absolute atomic E-state index is 0.0649. The highest BCUT2D eigenvalue weighted by Gasteiger charge is 2.57. The number of carbonyl (C=O) groups is 3. The van der Waals surface area contributed by atoms with Gasteiger partial charge < -0.3 is 16.0 Å². The van der Waals surface area contributed by atoms with Crippen molar-refractivity contribution < 1.29 is 14.4 Å². The molecule has 0 unspecified atom stereocenters. The van der Waals surface area contributed by atoms with Crippen molar-refractivity contribution in [2.45, 2.75) is 18.8 Å². The normalized spacial score (nSPS) is 19.6. The van der Waals surface area contributed by atoms with Gasteiger partial charge in [0, 0.05) is 17.7 Å². The smallest absolute Gasteiger partial charge is 0.243 e. The highest BCUT2D eigenvalue weighted by molar-refractivity contribution is 6.17. The van der Waals surface area contributed by atoms with Crippen LogP contribution in [0, 0.1) is 6.92 Å². The number of para-hydroxylation sites is 1. The second kappa shape index (κ2) is 6.28. The Balaban J connectivity index is 1.75. The van der Waals surface area contributed by atoms with E-state index in [0.29, 0.717) is 22.6 Å². The van der Waals surface area contributed by atoms with E-state index < -0.39 is 11.3 Å². The van der Waals surface area contributed by atoms with Crippen LogP contribution in [0.4, 0.5) is 11.5 Å². The third kappa shape index (κ3) is 2.40. The zero-order chi connectivity index (χ0) is 21.0. The molecule has 1 aromatic heterocycles. The third-order valence-electron chi connectivity index (χ3n) is 5.74. The van der Waals surface area contributed by atoms with Crippen molar-refractivity contribution in [3.8, 4) is 5.69 Å². The Morgan fingerprint density at radius 1 is 1.17 bits per heavy atom. The maximum Gasteiger partial charge on any atom is 0.243 e. The summed E-state index contributed by atoms with van der Waals surface area (Å²) in [6, 6.07) is 14.9. The summed E-state index contributed by atoms with van der Waals surface area (Å²) in [6.07, 6.45) is 1.56. The molecule has 0 radical (unpaired) electrons. The first-order chi connectivity index (χ1) is 14.4. The zero-order valence-corrected chi connectivity index (χ0v) is 16.3. The minimum Gasteiger partial charge on any atom is -0.368 e. The van der Waals surface area contributed by atoms with Crippen LogP contribution >= 0.6 is 0 Å². The first-order valence-electron chi connectivity index (χ1n) is 9.57. The number of fused-ring (bicyclic) bond motifs is 4. The number of primary amides is 1. The summed E-state index contributed by atoms with van der Waals surface area (Å²) in [5, 5.41) is 7.38. The van der Waals surface area contributed by atoms with E-state index in [1.165, 1.54) is 4.90 Å². The van der Waals surface area contributed by atoms with Crippen LogP contribution < -0.4 is 16.0 Å². The van der Waals surface area contributed by atoms with Gasteiger partial charge in [-0.25, -0.2) is 4.68 Å². The highest BCUT2D eigenvalue weighted by Crippen LogP contribution is 2.52. The minimum atomic E-state index is -1.24. The highest BCUT2D eigenvalue weighted by atomic mass is 16.2. The van der Waals surface area contributed by atoms with Crippen LogP contribution in [0.1, 0.15) is 23.1 Å². The molecule has 2 aliphatic heterocycles. The summed E-state index contributed by atoms with van der Waals surface area (Å²) < 4.78 is 1.63. The fourth-order valence-corrected chi connectivity index (χ4v) is 4.52. The quantitative estimate of drug-likeness (QED) is 0.695. The second-order valence-electron chi connectivity index (χ2n) is 7.66. The lowest BCUT2D eigenvalue weighted by atomic mass is 9.72. The van der Waals surface area contributed by atoms with Gasteiger partial charge in [-0.3, -0.25) is 14.4 Å². The maximum absolute atomic E-state index is 13.7. The van der Waals surface area contributed by atoms with E-state index in [2.05, 4.69) is 10.4 Å². The fourth-order valence-electron chi connectivity index (χ4n) is 4.52. The van der Waals surface area contributed by atoms with Gasteiger partial charge in [-0.15, -0.1) is 0 Å². The van der Waals surface area contributed by atoms with E-state index in [1.807, 2.05) is 43.3 Å². The number of aromatic nitrogens is 2. The van der Waals surface area contributed by atoms with Gasteiger partial charge in [0.25, 0.3) is 0 Å². The number of carbonyl (C=O) groups excluding carboxylic acids is 3. The Bertz CT molecular complexity index is 1230. The molecule has 0 fully saturated rings. The predicted octanol–water partition coefficient (Wildman–Crippen LogP) is 1.64. The molecule has 30 heavy (non-hydrogen) atoms. The molecule has 0 saturated heterocycles. The molecule has 0 bridgehead atoms. The van der Waals surface area contributed by atoms with Gasteiger partial charge in [-0.05, 0) is 36.2 Å². The monoisotopic (exact) mass is 401 g/mol. The Hall–Kier alpha value is -3.94. The molecule has 5 rings (SSSR count). The lowest BCUT2D eigenvalue weighted by Gasteiger charge is -2.32. The zero-order valence-electron chi connectivity index (χ0n) is 16.3. The van der Waals surface area contributed by atoms with E-state index in [-0.39, 0.29) is 24.8 Å². The van der Waals surface area contributed by atoms with Crippen molar-refractivity contribution in [1.29, 1.82) is 0 Å². The summed E-state index contributed by atoms with van der Waals surface area (Å²) in [6.45, 7) is 1.72. The summed E-state index contributed by atoms with van der Waals surface area (Å²) >= 11 is 0. The first-order valence-corrected chi connectivity index (χ1v) is 9.57. The molecule has 8 nitrogen and oxygen atoms in total. The van der Waals surface area contributed by atoms with Crippen molar-refractivity contribution in [1.82, 2.24) is 9.78 Å². The molecule has 3 N–H and O–H groups in total. The number of amides is 3. The van der Waals surface area contributed by atoms with Gasteiger partial charge in [-0.1, -0.05) is 30.3 Å². The molecule has 3 heterocycles. The molecule has 3 aromatic rings. The molecule has 0 saturated carbocycles.